The van der Waals surface area contributed by atoms with E-state index >= 15 is 0 Å². The molecule has 0 aliphatic heterocycles. The van der Waals surface area contributed by atoms with Gasteiger partial charge in [-0.3, -0.25) is 0 Å². The van der Waals surface area contributed by atoms with Crippen LogP contribution in [-0.2, 0) is 0 Å². The Morgan fingerprint density at radius 1 is 1.75 bits per heavy atom. The molecule has 0 unspecified atom stereocenters. The fourth-order valence-corrected chi connectivity index (χ4v) is 0. The fourth-order valence-electron chi connectivity index (χ4n) is 0. The van der Waals surface area contributed by atoms with Gasteiger partial charge in [0.25, 0.3) is 6.26 Å². The molecule has 0 aliphatic carbocycles. The standard InChI is InChI=1S/CHNO.Ca/c2-1-3;/h3H;. The first kappa shape index (κ1) is 8.82. The van der Waals surface area contributed by atoms with E-state index < -0.39 is 0 Å². The summed E-state index contributed by atoms with van der Waals surface area (Å²) in [6, 6.07) is 0. The molecule has 0 aromatic heterocycles. The van der Waals surface area contributed by atoms with E-state index in [1.807, 2.05) is 0 Å². The first-order valence-electron chi connectivity index (χ1n) is 0.447. The van der Waals surface area contributed by atoms with Crippen LogP contribution in [0.2, 0.25) is 0 Å². The molecule has 1 N–H and O–H groups in total. The molecule has 4 heavy (non-hydrogen) atoms. The largest absolute Gasteiger partial charge is 0.443 e. The van der Waals surface area contributed by atoms with Gasteiger partial charge < -0.3 is 5.11 Å². The zero-order valence-corrected chi connectivity index (χ0v) is 4.31. The van der Waals surface area contributed by atoms with Crippen molar-refractivity contribution in [1.29, 1.82) is 5.26 Å². The maximum atomic E-state index is 6.88. The molecule has 0 bridgehead atoms. The summed E-state index contributed by atoms with van der Waals surface area (Å²) in [6.07, 6.45) is 0.750. The summed E-state index contributed by atoms with van der Waals surface area (Å²) < 4.78 is 0. The zero-order chi connectivity index (χ0) is 2.71. The molecule has 2 radical (unpaired) electrons. The van der Waals surface area contributed by atoms with Crippen molar-refractivity contribution >= 4 is 37.7 Å². The van der Waals surface area contributed by atoms with E-state index in [1.54, 1.807) is 0 Å². The van der Waals surface area contributed by atoms with Crippen LogP contribution < -0.4 is 0 Å². The number of rotatable bonds is 0. The Bertz CT molecular complexity index is 29.5. The summed E-state index contributed by atoms with van der Waals surface area (Å²) in [5.41, 5.74) is 0. The molecular weight excluding hydrogens is 82.1 g/mol. The van der Waals surface area contributed by atoms with Crippen LogP contribution in [0, 0.1) is 11.5 Å². The van der Waals surface area contributed by atoms with Crippen molar-refractivity contribution in [3.05, 3.63) is 0 Å². The van der Waals surface area contributed by atoms with Crippen LogP contribution in [0.15, 0.2) is 0 Å². The Labute approximate surface area is 54.0 Å². The quantitative estimate of drug-likeness (QED) is 0.316. The third-order valence-corrected chi connectivity index (χ3v) is 0. The molecule has 0 amide bonds. The van der Waals surface area contributed by atoms with Gasteiger partial charge in [-0.1, -0.05) is 0 Å². The van der Waals surface area contributed by atoms with Crippen LogP contribution in [0.1, 0.15) is 0 Å². The molecule has 0 spiro atoms. The molecule has 2 nitrogen and oxygen atoms in total. The minimum absolute atomic E-state index is 0. The van der Waals surface area contributed by atoms with Gasteiger partial charge in [0.15, 0.2) is 0 Å². The van der Waals surface area contributed by atoms with Crippen LogP contribution in [-0.4, -0.2) is 42.8 Å². The summed E-state index contributed by atoms with van der Waals surface area (Å²) >= 11 is 0. The van der Waals surface area contributed by atoms with Gasteiger partial charge >= 0.3 is 0 Å². The number of hydrogen-bond donors (Lipinski definition) is 1. The molecule has 18 valence electrons. The van der Waals surface area contributed by atoms with Crippen LogP contribution in [0.4, 0.5) is 0 Å². The molecule has 0 saturated carbocycles. The van der Waals surface area contributed by atoms with E-state index in [2.05, 4.69) is 0 Å². The zero-order valence-electron chi connectivity index (χ0n) is 2.10. The first-order valence-corrected chi connectivity index (χ1v) is 0.447. The molecule has 0 aliphatic rings. The minimum atomic E-state index is 0. The Morgan fingerprint density at radius 3 is 1.75 bits per heavy atom. The number of nitrogens with zero attached hydrogens (tertiary/aromatic N) is 1. The van der Waals surface area contributed by atoms with Gasteiger partial charge in [-0.25, -0.2) is 0 Å². The summed E-state index contributed by atoms with van der Waals surface area (Å²) in [5.74, 6) is 0. The molecule has 0 saturated heterocycles. The Balaban J connectivity index is 0. The van der Waals surface area contributed by atoms with Gasteiger partial charge in [0.05, 0.1) is 0 Å². The Morgan fingerprint density at radius 2 is 1.75 bits per heavy atom. The molecule has 0 rings (SSSR count). The third kappa shape index (κ3) is 20.3. The topological polar surface area (TPSA) is 44.0 Å². The average molecular weight is 83.1 g/mol. The maximum Gasteiger partial charge on any atom is 0.283 e. The van der Waals surface area contributed by atoms with E-state index in [4.69, 9.17) is 10.4 Å². The fraction of sp³-hybridized carbons (Fsp3) is 0. The number of nitriles is 1. The summed E-state index contributed by atoms with van der Waals surface area (Å²) in [5, 5.41) is 13.8. The Hall–Kier alpha value is 0.550. The molecule has 0 heterocycles. The van der Waals surface area contributed by atoms with Gasteiger partial charge in [0.1, 0.15) is 0 Å². The van der Waals surface area contributed by atoms with Crippen molar-refractivity contribution in [3.8, 4) is 6.26 Å². The molecule has 0 aromatic rings. The summed E-state index contributed by atoms with van der Waals surface area (Å²) in [7, 11) is 0. The molecular formula is CHCaNO. The predicted molar refractivity (Wildman–Crippen MR) is 13.3 cm³/mol. The maximum absolute atomic E-state index is 6.88. The molecule has 0 fully saturated rings. The average Bonchev–Trinajstić information content (AvgIpc) is 0.918. The van der Waals surface area contributed by atoms with E-state index in [-0.39, 0.29) is 37.7 Å². The molecule has 0 aromatic carbocycles. The van der Waals surface area contributed by atoms with Crippen LogP contribution in [0.3, 0.4) is 0 Å². The van der Waals surface area contributed by atoms with Crippen molar-refractivity contribution in [1.82, 2.24) is 0 Å². The molecule has 3 heteroatoms. The summed E-state index contributed by atoms with van der Waals surface area (Å²) in [4.78, 5) is 0. The van der Waals surface area contributed by atoms with Crippen LogP contribution in [0.5, 0.6) is 0 Å². The Kier molecular flexibility index (Phi) is 21.2. The second kappa shape index (κ2) is 9.61. The second-order valence-electron chi connectivity index (χ2n) is 0.100. The number of aliphatic hydroxyl groups is 1. The third-order valence-electron chi connectivity index (χ3n) is 0. The first-order chi connectivity index (χ1) is 1.41. The van der Waals surface area contributed by atoms with Gasteiger partial charge in [-0.2, -0.15) is 5.26 Å². The number of aliphatic hydroxyl groups excluding tert-OH is 1. The van der Waals surface area contributed by atoms with Crippen molar-refractivity contribution in [2.24, 2.45) is 0 Å². The molecule has 0 atom stereocenters. The number of hydrogen-bond acceptors (Lipinski definition) is 2. The van der Waals surface area contributed by atoms with Crippen LogP contribution in [0.25, 0.3) is 0 Å². The van der Waals surface area contributed by atoms with E-state index in [0.717, 1.165) is 6.26 Å². The van der Waals surface area contributed by atoms with Crippen molar-refractivity contribution in [3.63, 3.8) is 0 Å². The van der Waals surface area contributed by atoms with E-state index in [1.165, 1.54) is 0 Å². The second-order valence-corrected chi connectivity index (χ2v) is 0.100. The van der Waals surface area contributed by atoms with Gasteiger partial charge in [0.2, 0.25) is 0 Å². The SMILES string of the molecule is N#CO.[Ca]. The summed E-state index contributed by atoms with van der Waals surface area (Å²) in [6.45, 7) is 0. The predicted octanol–water partition coefficient (Wildman–Crippen LogP) is -0.541. The van der Waals surface area contributed by atoms with Gasteiger partial charge in [0, 0.05) is 37.7 Å². The van der Waals surface area contributed by atoms with Crippen molar-refractivity contribution in [2.45, 2.75) is 0 Å². The van der Waals surface area contributed by atoms with Gasteiger partial charge in [-0.05, 0) is 0 Å². The van der Waals surface area contributed by atoms with E-state index in [9.17, 15) is 0 Å². The smallest absolute Gasteiger partial charge is 0.283 e. The van der Waals surface area contributed by atoms with Crippen LogP contribution >= 0.6 is 0 Å². The van der Waals surface area contributed by atoms with Crippen molar-refractivity contribution < 1.29 is 5.11 Å². The van der Waals surface area contributed by atoms with Gasteiger partial charge in [-0.15, -0.1) is 0 Å². The normalized spacial score (nSPS) is 1.75. The van der Waals surface area contributed by atoms with E-state index in [0.29, 0.717) is 0 Å². The minimum Gasteiger partial charge on any atom is -0.443 e. The van der Waals surface area contributed by atoms with Crippen molar-refractivity contribution in [2.75, 3.05) is 0 Å². The monoisotopic (exact) mass is 83.0 g/mol.